The summed E-state index contributed by atoms with van der Waals surface area (Å²) in [4.78, 5) is 25.1. The molecule has 0 saturated carbocycles. The SMILES string of the molecule is CCC(C)C(CO)NC(=O)CCc1c(C)c2cc3c(C)c(C)oc3c(C)c2oc1=O. The highest BCUT2D eigenvalue weighted by atomic mass is 16.4. The largest absolute Gasteiger partial charge is 0.461 e. The second kappa shape index (κ2) is 8.64. The minimum absolute atomic E-state index is 0.101. The molecule has 2 N–H and O–H groups in total. The minimum atomic E-state index is -0.420. The van der Waals surface area contributed by atoms with E-state index in [0.717, 1.165) is 45.2 Å². The molecule has 0 aliphatic heterocycles. The van der Waals surface area contributed by atoms with E-state index in [0.29, 0.717) is 11.1 Å². The molecule has 0 aliphatic rings. The predicted octanol–water partition coefficient (Wildman–Crippen LogP) is 4.23. The Hall–Kier alpha value is -2.60. The first-order chi connectivity index (χ1) is 14.2. The van der Waals surface area contributed by atoms with Gasteiger partial charge in [0.25, 0.3) is 0 Å². The van der Waals surface area contributed by atoms with Crippen molar-refractivity contribution in [1.29, 1.82) is 0 Å². The molecule has 2 atom stereocenters. The maximum Gasteiger partial charge on any atom is 0.339 e. The number of aliphatic hydroxyl groups excluding tert-OH is 1. The maximum atomic E-state index is 12.7. The summed E-state index contributed by atoms with van der Waals surface area (Å²) in [6.45, 7) is 11.6. The van der Waals surface area contributed by atoms with Crippen LogP contribution in [0.2, 0.25) is 0 Å². The van der Waals surface area contributed by atoms with Crippen molar-refractivity contribution in [1.82, 2.24) is 5.32 Å². The van der Waals surface area contributed by atoms with Crippen LogP contribution in [0.15, 0.2) is 19.7 Å². The molecule has 6 heteroatoms. The summed E-state index contributed by atoms with van der Waals surface area (Å²) in [5, 5.41) is 14.3. The van der Waals surface area contributed by atoms with Crippen molar-refractivity contribution >= 4 is 27.8 Å². The standard InChI is InChI=1S/C24H31NO5/c1-7-12(2)20(11-26)25-21(27)9-8-17-14(4)19-10-18-13(3)16(6)29-22(18)15(5)23(19)30-24(17)28/h10,12,20,26H,7-9,11H2,1-6H3,(H,25,27). The smallest absolute Gasteiger partial charge is 0.339 e. The normalized spacial score (nSPS) is 13.7. The summed E-state index contributed by atoms with van der Waals surface area (Å²) >= 11 is 0. The molecule has 0 radical (unpaired) electrons. The highest BCUT2D eigenvalue weighted by Crippen LogP contribution is 2.34. The maximum absolute atomic E-state index is 12.7. The summed E-state index contributed by atoms with van der Waals surface area (Å²) in [7, 11) is 0. The number of rotatable bonds is 7. The van der Waals surface area contributed by atoms with E-state index in [2.05, 4.69) is 5.32 Å². The Labute approximate surface area is 176 Å². The molecule has 0 fully saturated rings. The van der Waals surface area contributed by atoms with Crippen LogP contribution in [0.4, 0.5) is 0 Å². The van der Waals surface area contributed by atoms with Crippen LogP contribution in [0.25, 0.3) is 21.9 Å². The number of carbonyl (C=O) groups is 1. The van der Waals surface area contributed by atoms with Gasteiger partial charge in [-0.3, -0.25) is 4.79 Å². The van der Waals surface area contributed by atoms with E-state index in [1.54, 1.807) is 0 Å². The van der Waals surface area contributed by atoms with Crippen LogP contribution in [-0.4, -0.2) is 23.7 Å². The van der Waals surface area contributed by atoms with Crippen LogP contribution in [0.3, 0.4) is 0 Å². The molecule has 2 unspecified atom stereocenters. The van der Waals surface area contributed by atoms with Crippen molar-refractivity contribution in [2.24, 2.45) is 5.92 Å². The van der Waals surface area contributed by atoms with Gasteiger partial charge in [-0.25, -0.2) is 4.79 Å². The third-order valence-corrected chi connectivity index (χ3v) is 6.42. The summed E-state index contributed by atoms with van der Waals surface area (Å²) in [5.41, 5.74) is 4.08. The third kappa shape index (κ3) is 3.88. The number of hydrogen-bond acceptors (Lipinski definition) is 5. The fourth-order valence-electron chi connectivity index (χ4n) is 3.95. The quantitative estimate of drug-likeness (QED) is 0.566. The molecule has 0 bridgehead atoms. The third-order valence-electron chi connectivity index (χ3n) is 6.42. The van der Waals surface area contributed by atoms with Gasteiger partial charge in [0.05, 0.1) is 12.6 Å². The van der Waals surface area contributed by atoms with E-state index in [4.69, 9.17) is 8.83 Å². The molecule has 3 rings (SSSR count). The lowest BCUT2D eigenvalue weighted by molar-refractivity contribution is -0.122. The molecule has 6 nitrogen and oxygen atoms in total. The van der Waals surface area contributed by atoms with Gasteiger partial charge in [0.2, 0.25) is 5.91 Å². The molecule has 30 heavy (non-hydrogen) atoms. The first-order valence-corrected chi connectivity index (χ1v) is 10.5. The van der Waals surface area contributed by atoms with Gasteiger partial charge >= 0.3 is 5.63 Å². The topological polar surface area (TPSA) is 92.7 Å². The van der Waals surface area contributed by atoms with E-state index < -0.39 is 5.63 Å². The summed E-state index contributed by atoms with van der Waals surface area (Å²) < 4.78 is 11.5. The Balaban J connectivity index is 1.93. The molecule has 0 spiro atoms. The number of benzene rings is 1. The number of hydrogen-bond donors (Lipinski definition) is 2. The first kappa shape index (κ1) is 22.1. The Kier molecular flexibility index (Phi) is 6.36. The fourth-order valence-corrected chi connectivity index (χ4v) is 3.95. The van der Waals surface area contributed by atoms with Gasteiger partial charge < -0.3 is 19.3 Å². The molecule has 2 aromatic heterocycles. The van der Waals surface area contributed by atoms with Gasteiger partial charge in [0.1, 0.15) is 16.9 Å². The lowest BCUT2D eigenvalue weighted by Gasteiger charge is -2.22. The van der Waals surface area contributed by atoms with E-state index in [1.807, 2.05) is 47.6 Å². The first-order valence-electron chi connectivity index (χ1n) is 10.5. The van der Waals surface area contributed by atoms with Crippen LogP contribution in [0.1, 0.15) is 54.7 Å². The van der Waals surface area contributed by atoms with E-state index in [-0.39, 0.29) is 37.3 Å². The number of fused-ring (bicyclic) bond motifs is 2. The number of nitrogens with one attached hydrogen (secondary N) is 1. The number of aliphatic hydroxyl groups is 1. The fraction of sp³-hybridized carbons (Fsp3) is 0.500. The highest BCUT2D eigenvalue weighted by molar-refractivity contribution is 6.00. The van der Waals surface area contributed by atoms with Crippen LogP contribution in [0, 0.1) is 33.6 Å². The number of furan rings is 1. The van der Waals surface area contributed by atoms with Crippen LogP contribution in [-0.2, 0) is 11.2 Å². The van der Waals surface area contributed by atoms with Crippen molar-refractivity contribution in [3.8, 4) is 0 Å². The molecular weight excluding hydrogens is 382 g/mol. The molecule has 162 valence electrons. The predicted molar refractivity (Wildman–Crippen MR) is 118 cm³/mol. The second-order valence-electron chi connectivity index (χ2n) is 8.27. The van der Waals surface area contributed by atoms with Gasteiger partial charge in [0, 0.05) is 28.3 Å². The Morgan fingerprint density at radius 1 is 1.07 bits per heavy atom. The van der Waals surface area contributed by atoms with Gasteiger partial charge in [-0.15, -0.1) is 0 Å². The molecule has 0 aliphatic carbocycles. The average molecular weight is 414 g/mol. The zero-order valence-electron chi connectivity index (χ0n) is 18.6. The number of amides is 1. The van der Waals surface area contributed by atoms with E-state index in [1.165, 1.54) is 0 Å². The van der Waals surface area contributed by atoms with Crippen LogP contribution < -0.4 is 10.9 Å². The zero-order chi connectivity index (χ0) is 22.2. The highest BCUT2D eigenvalue weighted by Gasteiger charge is 2.21. The number of aryl methyl sites for hydroxylation is 4. The molecule has 1 amide bonds. The minimum Gasteiger partial charge on any atom is -0.461 e. The lowest BCUT2D eigenvalue weighted by atomic mass is 9.97. The van der Waals surface area contributed by atoms with Gasteiger partial charge in [0.15, 0.2) is 0 Å². The summed E-state index contributed by atoms with van der Waals surface area (Å²) in [5.74, 6) is 0.847. The number of carbonyl (C=O) groups excluding carboxylic acids is 1. The second-order valence-corrected chi connectivity index (χ2v) is 8.27. The Morgan fingerprint density at radius 2 is 1.70 bits per heavy atom. The van der Waals surface area contributed by atoms with Gasteiger partial charge in [-0.2, -0.15) is 0 Å². The van der Waals surface area contributed by atoms with Gasteiger partial charge in [-0.1, -0.05) is 20.3 Å². The van der Waals surface area contributed by atoms with Gasteiger partial charge in [-0.05, 0) is 57.2 Å². The van der Waals surface area contributed by atoms with Crippen molar-refractivity contribution in [3.63, 3.8) is 0 Å². The van der Waals surface area contributed by atoms with Crippen LogP contribution >= 0.6 is 0 Å². The molecule has 1 aromatic carbocycles. The van der Waals surface area contributed by atoms with E-state index in [9.17, 15) is 14.7 Å². The van der Waals surface area contributed by atoms with E-state index >= 15 is 0 Å². The molecule has 3 aromatic rings. The van der Waals surface area contributed by atoms with Crippen molar-refractivity contribution in [2.45, 2.75) is 66.8 Å². The average Bonchev–Trinajstić information content (AvgIpc) is 3.01. The summed E-state index contributed by atoms with van der Waals surface area (Å²) in [6, 6.07) is 1.73. The molecular formula is C24H31NO5. The van der Waals surface area contributed by atoms with Crippen LogP contribution in [0.5, 0.6) is 0 Å². The zero-order valence-corrected chi connectivity index (χ0v) is 18.6. The molecule has 2 heterocycles. The monoisotopic (exact) mass is 413 g/mol. The lowest BCUT2D eigenvalue weighted by Crippen LogP contribution is -2.42. The Morgan fingerprint density at radius 3 is 2.33 bits per heavy atom. The Bertz CT molecular complexity index is 1150. The van der Waals surface area contributed by atoms with Crippen molar-refractivity contribution < 1.29 is 18.7 Å². The molecule has 0 saturated heterocycles. The van der Waals surface area contributed by atoms with Crippen molar-refractivity contribution in [3.05, 3.63) is 44.5 Å². The summed E-state index contributed by atoms with van der Waals surface area (Å²) in [6.07, 6.45) is 1.31. The van der Waals surface area contributed by atoms with Crippen molar-refractivity contribution in [2.75, 3.05) is 6.61 Å².